The summed E-state index contributed by atoms with van der Waals surface area (Å²) >= 11 is 0. The number of nitrogens with two attached hydrogens (primary N) is 2. The average molecular weight is 341 g/mol. The number of ether oxygens (including phenoxy) is 1. The van der Waals surface area contributed by atoms with Crippen LogP contribution in [0.25, 0.3) is 0 Å². The van der Waals surface area contributed by atoms with Crippen molar-refractivity contribution in [3.63, 3.8) is 0 Å². The molecule has 5 nitrogen and oxygen atoms in total. The number of benzene rings is 2. The third-order valence-electron chi connectivity index (χ3n) is 4.37. The summed E-state index contributed by atoms with van der Waals surface area (Å²) in [6, 6.07) is 12.5. The van der Waals surface area contributed by atoms with E-state index in [1.807, 2.05) is 12.1 Å². The van der Waals surface area contributed by atoms with E-state index in [0.29, 0.717) is 40.9 Å². The highest BCUT2D eigenvalue weighted by Crippen LogP contribution is 2.21. The number of carbonyl (C=O) groups is 1. The maximum atomic E-state index is 12.6. The fourth-order valence-electron chi connectivity index (χ4n) is 2.78. The molecule has 0 aliphatic rings. The average Bonchev–Trinajstić information content (AvgIpc) is 2.63. The van der Waals surface area contributed by atoms with Gasteiger partial charge in [0.2, 0.25) is 0 Å². The SMILES string of the molecule is CCN(CC)C(C)COc1cccc(C(=O)c2ccc(N)c(N)c2)c1. The predicted octanol–water partition coefficient (Wildman–Crippen LogP) is 3.19. The Hall–Kier alpha value is -2.53. The second-order valence-corrected chi connectivity index (χ2v) is 6.08. The molecule has 1 unspecified atom stereocenters. The molecule has 0 heterocycles. The molecule has 2 rings (SSSR count). The number of hydrogen-bond donors (Lipinski definition) is 2. The molecule has 0 saturated heterocycles. The van der Waals surface area contributed by atoms with E-state index in [2.05, 4.69) is 25.7 Å². The van der Waals surface area contributed by atoms with Gasteiger partial charge in [-0.1, -0.05) is 26.0 Å². The molecular weight excluding hydrogens is 314 g/mol. The lowest BCUT2D eigenvalue weighted by atomic mass is 10.0. The minimum atomic E-state index is -0.103. The van der Waals surface area contributed by atoms with Gasteiger partial charge < -0.3 is 16.2 Å². The van der Waals surface area contributed by atoms with Gasteiger partial charge in [0.05, 0.1) is 11.4 Å². The van der Waals surface area contributed by atoms with Crippen molar-refractivity contribution in [1.82, 2.24) is 4.90 Å². The van der Waals surface area contributed by atoms with Crippen molar-refractivity contribution in [3.8, 4) is 5.75 Å². The van der Waals surface area contributed by atoms with E-state index < -0.39 is 0 Å². The zero-order valence-electron chi connectivity index (χ0n) is 15.2. The zero-order valence-corrected chi connectivity index (χ0v) is 15.2. The molecule has 0 aliphatic carbocycles. The van der Waals surface area contributed by atoms with Crippen LogP contribution in [0.3, 0.4) is 0 Å². The number of hydrogen-bond acceptors (Lipinski definition) is 5. The van der Waals surface area contributed by atoms with Crippen molar-refractivity contribution in [3.05, 3.63) is 53.6 Å². The molecule has 134 valence electrons. The smallest absolute Gasteiger partial charge is 0.193 e. The second kappa shape index (κ2) is 8.53. The highest BCUT2D eigenvalue weighted by molar-refractivity contribution is 6.10. The largest absolute Gasteiger partial charge is 0.492 e. The van der Waals surface area contributed by atoms with Gasteiger partial charge in [-0.3, -0.25) is 9.69 Å². The molecule has 4 N–H and O–H groups in total. The highest BCUT2D eigenvalue weighted by Gasteiger charge is 2.13. The van der Waals surface area contributed by atoms with Crippen LogP contribution in [0.5, 0.6) is 5.75 Å². The van der Waals surface area contributed by atoms with Crippen molar-refractivity contribution < 1.29 is 9.53 Å². The Morgan fingerprint density at radius 2 is 1.72 bits per heavy atom. The van der Waals surface area contributed by atoms with E-state index in [1.54, 1.807) is 30.3 Å². The number of anilines is 2. The van der Waals surface area contributed by atoms with Gasteiger partial charge in [0.25, 0.3) is 0 Å². The first-order chi connectivity index (χ1) is 12.0. The van der Waals surface area contributed by atoms with Crippen LogP contribution >= 0.6 is 0 Å². The Morgan fingerprint density at radius 1 is 1.04 bits per heavy atom. The van der Waals surface area contributed by atoms with Crippen LogP contribution < -0.4 is 16.2 Å². The number of nitrogen functional groups attached to an aromatic ring is 2. The van der Waals surface area contributed by atoms with E-state index in [0.717, 1.165) is 13.1 Å². The van der Waals surface area contributed by atoms with Crippen molar-refractivity contribution in [2.24, 2.45) is 0 Å². The van der Waals surface area contributed by atoms with Gasteiger partial charge in [0, 0.05) is 17.2 Å². The zero-order chi connectivity index (χ0) is 18.4. The van der Waals surface area contributed by atoms with Crippen LogP contribution in [0.1, 0.15) is 36.7 Å². The highest BCUT2D eigenvalue weighted by atomic mass is 16.5. The second-order valence-electron chi connectivity index (χ2n) is 6.08. The third-order valence-corrected chi connectivity index (χ3v) is 4.37. The molecule has 0 bridgehead atoms. The van der Waals surface area contributed by atoms with Crippen LogP contribution in [-0.4, -0.2) is 36.4 Å². The van der Waals surface area contributed by atoms with E-state index >= 15 is 0 Å². The van der Waals surface area contributed by atoms with Gasteiger partial charge in [-0.25, -0.2) is 0 Å². The molecule has 0 aromatic heterocycles. The predicted molar refractivity (Wildman–Crippen MR) is 103 cm³/mol. The summed E-state index contributed by atoms with van der Waals surface area (Å²) in [6.45, 7) is 8.96. The third kappa shape index (κ3) is 4.73. The number of nitrogens with zero attached hydrogens (tertiary/aromatic N) is 1. The number of ketones is 1. The summed E-state index contributed by atoms with van der Waals surface area (Å²) in [5.41, 5.74) is 13.5. The first-order valence-electron chi connectivity index (χ1n) is 8.62. The van der Waals surface area contributed by atoms with Gasteiger partial charge in [0.15, 0.2) is 5.78 Å². The van der Waals surface area contributed by atoms with Crippen LogP contribution in [0.4, 0.5) is 11.4 Å². The Morgan fingerprint density at radius 3 is 2.36 bits per heavy atom. The molecule has 0 amide bonds. The fraction of sp³-hybridized carbons (Fsp3) is 0.350. The quantitative estimate of drug-likeness (QED) is 0.569. The Balaban J connectivity index is 2.10. The van der Waals surface area contributed by atoms with Crippen molar-refractivity contribution in [2.45, 2.75) is 26.8 Å². The molecule has 0 radical (unpaired) electrons. The molecule has 5 heteroatoms. The molecule has 0 fully saturated rings. The van der Waals surface area contributed by atoms with Crippen LogP contribution in [0, 0.1) is 0 Å². The minimum absolute atomic E-state index is 0.103. The number of carbonyl (C=O) groups excluding carboxylic acids is 1. The summed E-state index contributed by atoms with van der Waals surface area (Å²) in [5.74, 6) is 0.585. The van der Waals surface area contributed by atoms with Crippen LogP contribution in [0.15, 0.2) is 42.5 Å². The van der Waals surface area contributed by atoms with Crippen molar-refractivity contribution >= 4 is 17.2 Å². The topological polar surface area (TPSA) is 81.6 Å². The van der Waals surface area contributed by atoms with Gasteiger partial charge in [0.1, 0.15) is 12.4 Å². The van der Waals surface area contributed by atoms with Gasteiger partial charge in [-0.15, -0.1) is 0 Å². The standard InChI is InChI=1S/C20H27N3O2/c1-4-23(5-2)14(3)13-25-17-8-6-7-15(11-17)20(24)16-9-10-18(21)19(22)12-16/h6-12,14H,4-5,13,21-22H2,1-3H3. The van der Waals surface area contributed by atoms with Crippen LogP contribution in [0.2, 0.25) is 0 Å². The van der Waals surface area contributed by atoms with Gasteiger partial charge in [-0.2, -0.15) is 0 Å². The Labute approximate surface area is 149 Å². The monoisotopic (exact) mass is 341 g/mol. The number of rotatable bonds is 8. The normalized spacial score (nSPS) is 12.2. The minimum Gasteiger partial charge on any atom is -0.492 e. The first-order valence-corrected chi connectivity index (χ1v) is 8.62. The lowest BCUT2D eigenvalue weighted by molar-refractivity contribution is 0.103. The molecular formula is C20H27N3O2. The van der Waals surface area contributed by atoms with E-state index in [-0.39, 0.29) is 5.78 Å². The van der Waals surface area contributed by atoms with Gasteiger partial charge in [-0.05, 0) is 50.3 Å². The fourth-order valence-corrected chi connectivity index (χ4v) is 2.78. The lowest BCUT2D eigenvalue weighted by Crippen LogP contribution is -2.36. The first kappa shape index (κ1) is 18.8. The summed E-state index contributed by atoms with van der Waals surface area (Å²) in [7, 11) is 0. The molecule has 0 saturated carbocycles. The molecule has 0 aliphatic heterocycles. The van der Waals surface area contributed by atoms with Crippen LogP contribution in [-0.2, 0) is 0 Å². The molecule has 0 spiro atoms. The molecule has 1 atom stereocenters. The van der Waals surface area contributed by atoms with Crippen molar-refractivity contribution in [2.75, 3.05) is 31.2 Å². The summed E-state index contributed by atoms with van der Waals surface area (Å²) < 4.78 is 5.88. The Bertz CT molecular complexity index is 727. The maximum absolute atomic E-state index is 12.6. The lowest BCUT2D eigenvalue weighted by Gasteiger charge is -2.26. The van der Waals surface area contributed by atoms with E-state index in [4.69, 9.17) is 16.2 Å². The summed E-state index contributed by atoms with van der Waals surface area (Å²) in [4.78, 5) is 15.0. The summed E-state index contributed by atoms with van der Waals surface area (Å²) in [5, 5.41) is 0. The molecule has 25 heavy (non-hydrogen) atoms. The van der Waals surface area contributed by atoms with Crippen molar-refractivity contribution in [1.29, 1.82) is 0 Å². The summed E-state index contributed by atoms with van der Waals surface area (Å²) in [6.07, 6.45) is 0. The maximum Gasteiger partial charge on any atom is 0.193 e. The number of likely N-dealkylation sites (N-methyl/N-ethyl adjacent to an activating group) is 1. The van der Waals surface area contributed by atoms with Gasteiger partial charge >= 0.3 is 0 Å². The van der Waals surface area contributed by atoms with E-state index in [9.17, 15) is 4.79 Å². The Kier molecular flexibility index (Phi) is 6.42. The molecule has 2 aromatic rings. The molecule has 2 aromatic carbocycles. The van der Waals surface area contributed by atoms with E-state index in [1.165, 1.54) is 0 Å².